The van der Waals surface area contributed by atoms with E-state index in [1.807, 2.05) is 24.3 Å². The summed E-state index contributed by atoms with van der Waals surface area (Å²) in [4.78, 5) is 13.7. The minimum absolute atomic E-state index is 0.103. The fraction of sp³-hybridized carbons (Fsp3) is 0.344. The van der Waals surface area contributed by atoms with Crippen LogP contribution in [-0.4, -0.2) is 21.9 Å². The third-order valence-electron chi connectivity index (χ3n) is 7.41. The number of benzene rings is 3. The van der Waals surface area contributed by atoms with Gasteiger partial charge in [0, 0.05) is 17.0 Å². The molecule has 1 fully saturated rings. The van der Waals surface area contributed by atoms with Crippen LogP contribution in [-0.2, 0) is 0 Å². The summed E-state index contributed by atoms with van der Waals surface area (Å²) in [5.74, 6) is 4.17. The summed E-state index contributed by atoms with van der Waals surface area (Å²) in [7, 11) is -3.68. The van der Waals surface area contributed by atoms with Gasteiger partial charge in [-0.1, -0.05) is 136 Å². The molecule has 4 rings (SSSR count). The van der Waals surface area contributed by atoms with Gasteiger partial charge < -0.3 is 0 Å². The molecule has 3 aromatic rings. The van der Waals surface area contributed by atoms with Crippen LogP contribution in [0.3, 0.4) is 0 Å². The van der Waals surface area contributed by atoms with Gasteiger partial charge in [0.15, 0.2) is 5.78 Å². The lowest BCUT2D eigenvalue weighted by atomic mass is 10.0. The Morgan fingerprint density at radius 2 is 1.34 bits per heavy atom. The molecule has 0 aromatic heterocycles. The van der Waals surface area contributed by atoms with Crippen molar-refractivity contribution in [1.82, 2.24) is 0 Å². The fourth-order valence-electron chi connectivity index (χ4n) is 5.47. The largest absolute Gasteiger partial charge is 0.294 e. The van der Waals surface area contributed by atoms with Gasteiger partial charge in [0.1, 0.15) is 16.1 Å². The van der Waals surface area contributed by atoms with Crippen molar-refractivity contribution in [3.05, 3.63) is 96.1 Å². The zero-order valence-electron chi connectivity index (χ0n) is 22.1. The van der Waals surface area contributed by atoms with E-state index in [1.165, 1.54) is 10.4 Å². The maximum absolute atomic E-state index is 13.7. The van der Waals surface area contributed by atoms with Crippen LogP contribution in [0.1, 0.15) is 43.1 Å². The van der Waals surface area contributed by atoms with E-state index >= 15 is 0 Å². The van der Waals surface area contributed by atoms with Gasteiger partial charge in [-0.15, -0.1) is 5.54 Å². The fourth-order valence-corrected chi connectivity index (χ4v) is 11.9. The first kappa shape index (κ1) is 25.4. The van der Waals surface area contributed by atoms with Gasteiger partial charge in [-0.05, 0) is 29.5 Å². The van der Waals surface area contributed by atoms with Crippen molar-refractivity contribution in [2.24, 2.45) is 11.8 Å². The van der Waals surface area contributed by atoms with Crippen LogP contribution >= 0.6 is 0 Å². The van der Waals surface area contributed by atoms with Crippen molar-refractivity contribution in [2.75, 3.05) is 0 Å². The maximum atomic E-state index is 13.7. The average Bonchev–Trinajstić information content (AvgIpc) is 3.60. The van der Waals surface area contributed by atoms with Gasteiger partial charge in [-0.3, -0.25) is 4.79 Å². The van der Waals surface area contributed by atoms with Crippen LogP contribution in [0.4, 0.5) is 0 Å². The molecule has 1 aliphatic carbocycles. The van der Waals surface area contributed by atoms with Gasteiger partial charge >= 0.3 is 0 Å². The van der Waals surface area contributed by atoms with Gasteiger partial charge in [-0.2, -0.15) is 0 Å². The monoisotopic (exact) mass is 494 g/mol. The third-order valence-corrected chi connectivity index (χ3v) is 14.6. The summed E-state index contributed by atoms with van der Waals surface area (Å²) >= 11 is 0. The van der Waals surface area contributed by atoms with E-state index in [4.69, 9.17) is 0 Å². The number of ketones is 1. The SMILES string of the molecule is CC(C)(C)[Si](C[C@@H]1C[C@H]1C(=O)c1ccccc1C#C[Si](C)(C)C)(c1ccccc1)c1ccccc1. The predicted octanol–water partition coefficient (Wildman–Crippen LogP) is 6.80. The minimum atomic E-state index is -2.17. The maximum Gasteiger partial charge on any atom is 0.167 e. The summed E-state index contributed by atoms with van der Waals surface area (Å²) in [5, 5.41) is 3.06. The summed E-state index contributed by atoms with van der Waals surface area (Å²) in [6.07, 6.45) is 0.985. The Kier molecular flexibility index (Phi) is 7.09. The second-order valence-electron chi connectivity index (χ2n) is 12.1. The van der Waals surface area contributed by atoms with Crippen molar-refractivity contribution < 1.29 is 4.79 Å². The second-order valence-corrected chi connectivity index (χ2v) is 21.7. The summed E-state index contributed by atoms with van der Waals surface area (Å²) in [6.45, 7) is 13.9. The molecular formula is C32H38OSi2. The van der Waals surface area contributed by atoms with Crippen LogP contribution in [0.25, 0.3) is 0 Å². The molecule has 1 aliphatic rings. The number of hydrogen-bond acceptors (Lipinski definition) is 1. The Bertz CT molecular complexity index is 1200. The Labute approximate surface area is 214 Å². The second kappa shape index (κ2) is 9.76. The summed E-state index contributed by atoms with van der Waals surface area (Å²) in [5.41, 5.74) is 5.16. The molecule has 0 radical (unpaired) electrons. The highest BCUT2D eigenvalue weighted by atomic mass is 28.3. The summed E-state index contributed by atoms with van der Waals surface area (Å²) < 4.78 is 0. The molecule has 0 spiro atoms. The van der Waals surface area contributed by atoms with E-state index in [2.05, 4.69) is 113 Å². The number of Topliss-reactive ketones (excluding diaryl/α,β-unsaturated/α-hetero) is 1. The topological polar surface area (TPSA) is 17.1 Å². The number of hydrogen-bond donors (Lipinski definition) is 0. The van der Waals surface area contributed by atoms with E-state index in [9.17, 15) is 4.79 Å². The zero-order valence-corrected chi connectivity index (χ0v) is 24.1. The van der Waals surface area contributed by atoms with Crippen LogP contribution in [0, 0.1) is 23.3 Å². The first-order valence-corrected chi connectivity index (χ1v) is 18.5. The smallest absolute Gasteiger partial charge is 0.167 e. The van der Waals surface area contributed by atoms with E-state index in [1.54, 1.807) is 0 Å². The number of carbonyl (C=O) groups is 1. The average molecular weight is 495 g/mol. The van der Waals surface area contributed by atoms with Crippen molar-refractivity contribution in [3.63, 3.8) is 0 Å². The molecule has 0 aliphatic heterocycles. The normalized spacial score (nSPS) is 17.9. The van der Waals surface area contributed by atoms with E-state index in [-0.39, 0.29) is 16.7 Å². The molecule has 0 saturated heterocycles. The Morgan fingerprint density at radius 3 is 1.86 bits per heavy atom. The zero-order chi connectivity index (χ0) is 25.3. The van der Waals surface area contributed by atoms with Crippen LogP contribution in [0.15, 0.2) is 84.9 Å². The highest BCUT2D eigenvalue weighted by molar-refractivity contribution is 7.04. The van der Waals surface area contributed by atoms with Crippen LogP contribution < -0.4 is 10.4 Å². The lowest BCUT2D eigenvalue weighted by Crippen LogP contribution is -2.64. The minimum Gasteiger partial charge on any atom is -0.294 e. The molecule has 180 valence electrons. The highest BCUT2D eigenvalue weighted by Gasteiger charge is 2.54. The molecule has 1 saturated carbocycles. The number of rotatable bonds is 6. The molecular weight excluding hydrogens is 457 g/mol. The van der Waals surface area contributed by atoms with Crippen molar-refractivity contribution in [1.29, 1.82) is 0 Å². The Hall–Kier alpha value is -2.68. The highest BCUT2D eigenvalue weighted by Crippen LogP contribution is 2.51. The summed E-state index contributed by atoms with van der Waals surface area (Å²) in [6, 6.07) is 31.3. The molecule has 2 atom stereocenters. The molecule has 0 bridgehead atoms. The molecule has 1 nitrogen and oxygen atoms in total. The first-order valence-electron chi connectivity index (χ1n) is 12.8. The lowest BCUT2D eigenvalue weighted by molar-refractivity contribution is 0.0962. The van der Waals surface area contributed by atoms with Crippen molar-refractivity contribution in [2.45, 2.75) is 57.9 Å². The molecule has 0 heterocycles. The first-order chi connectivity index (χ1) is 16.5. The van der Waals surface area contributed by atoms with E-state index < -0.39 is 16.1 Å². The molecule has 35 heavy (non-hydrogen) atoms. The van der Waals surface area contributed by atoms with Gasteiger partial charge in [0.2, 0.25) is 0 Å². The van der Waals surface area contributed by atoms with E-state index in [0.717, 1.165) is 23.6 Å². The van der Waals surface area contributed by atoms with Crippen LogP contribution in [0.5, 0.6) is 0 Å². The van der Waals surface area contributed by atoms with Crippen LogP contribution in [0.2, 0.25) is 30.7 Å². The number of carbonyl (C=O) groups excluding carboxylic acids is 1. The Morgan fingerprint density at radius 1 is 0.829 bits per heavy atom. The third kappa shape index (κ3) is 5.45. The predicted molar refractivity (Wildman–Crippen MR) is 155 cm³/mol. The lowest BCUT2D eigenvalue weighted by Gasteiger charge is -2.44. The van der Waals surface area contributed by atoms with Gasteiger partial charge in [-0.25, -0.2) is 0 Å². The Balaban J connectivity index is 1.68. The molecule has 3 aromatic carbocycles. The van der Waals surface area contributed by atoms with Gasteiger partial charge in [0.05, 0.1) is 0 Å². The standard InChI is InChI=1S/C32H38OSi2/c1-32(2,3)35(27-16-9-7-10-17-27,28-18-11-8-12-19-28)24-26-23-30(26)31(33)29-20-14-13-15-25(29)21-22-34(4,5)6/h7-20,26,30H,23-24H2,1-6H3/t26-,30+/m0/s1. The molecule has 0 amide bonds. The van der Waals surface area contributed by atoms with Crippen molar-refractivity contribution in [3.8, 4) is 11.5 Å². The van der Waals surface area contributed by atoms with E-state index in [0.29, 0.717) is 5.92 Å². The molecule has 3 heteroatoms. The molecule has 0 N–H and O–H groups in total. The van der Waals surface area contributed by atoms with Crippen molar-refractivity contribution >= 4 is 32.3 Å². The quantitative estimate of drug-likeness (QED) is 0.209. The van der Waals surface area contributed by atoms with Gasteiger partial charge in [0.25, 0.3) is 0 Å². The molecule has 0 unspecified atom stereocenters.